The fourth-order valence-electron chi connectivity index (χ4n) is 0. The van der Waals surface area contributed by atoms with Gasteiger partial charge < -0.3 is 0 Å². The van der Waals surface area contributed by atoms with Crippen LogP contribution in [0.25, 0.3) is 0 Å². The Morgan fingerprint density at radius 3 is 1.25 bits per heavy atom. The summed E-state index contributed by atoms with van der Waals surface area (Å²) >= 11 is 3.64. The molecule has 4 heavy (non-hydrogen) atoms. The molecule has 0 amide bonds. The normalized spacial score (nSPS) is 1.50. The molecule has 0 spiro atoms. The molecule has 21 valence electrons. The van der Waals surface area contributed by atoms with Gasteiger partial charge in [0.05, 0.1) is 11.9 Å². The van der Waals surface area contributed by atoms with Gasteiger partial charge in [-0.1, -0.05) is 0 Å². The minimum absolute atomic E-state index is 0. The van der Waals surface area contributed by atoms with E-state index in [4.69, 9.17) is 4.66 Å². The van der Waals surface area contributed by atoms with E-state index in [2.05, 4.69) is 11.9 Å². The second-order valence-electron chi connectivity index (χ2n) is 0. The van der Waals surface area contributed by atoms with Crippen LogP contribution in [0.2, 0.25) is 0 Å². The maximum atomic E-state index is 6.47. The Kier molecular flexibility index (Phi) is 98.8. The molecule has 0 aliphatic carbocycles. The summed E-state index contributed by atoms with van der Waals surface area (Å²) in [5.74, 6) is 0. The third kappa shape index (κ3) is 9.41. The first-order chi connectivity index (χ1) is 1.00. The molecule has 0 aromatic heterocycles. The van der Waals surface area contributed by atoms with Crippen molar-refractivity contribution in [3.8, 4) is 0 Å². The topological polar surface area (TPSA) is 20.2 Å². The van der Waals surface area contributed by atoms with Crippen molar-refractivity contribution < 1.29 is 30.5 Å². The molecule has 0 aromatic rings. The molecule has 0 aliphatic rings. The average molecular weight is 258 g/mol. The molecule has 1 N–H and O–H groups in total. The van der Waals surface area contributed by atoms with Crippen molar-refractivity contribution in [2.75, 3.05) is 0 Å². The maximum absolute atomic E-state index is 6.47. The van der Waals surface area contributed by atoms with Crippen LogP contribution in [0.15, 0.2) is 0 Å². The fourth-order valence-corrected chi connectivity index (χ4v) is 0. The number of halogens is 1. The van der Waals surface area contributed by atoms with Crippen LogP contribution in [0.3, 0.4) is 0 Å². The van der Waals surface area contributed by atoms with Gasteiger partial charge in [-0.2, -0.15) is 0 Å². The zero-order valence-corrected chi connectivity index (χ0v) is 7.41. The second kappa shape index (κ2) is 22.7. The molecular weight excluding hydrogens is 257 g/mol. The van der Waals surface area contributed by atoms with Crippen molar-refractivity contribution in [3.63, 3.8) is 0 Å². The Morgan fingerprint density at radius 1 is 1.25 bits per heavy atom. The first kappa shape index (κ1) is 17.4. The standard InChI is InChI=1S/Al.ClHO.Hf/c;1-2;/h;2H;. The fraction of sp³-hybridized carbons (Fsp3) is 0. The number of hydrogen-bond acceptors (Lipinski definition) is 1. The molecule has 0 aliphatic heterocycles. The van der Waals surface area contributed by atoms with Gasteiger partial charge in [-0.25, -0.2) is 0 Å². The zero-order valence-electron chi connectivity index (χ0n) is 1.90. The Balaban J connectivity index is -0.00000000500. The number of rotatable bonds is 0. The largest absolute Gasteiger partial charge is 0.295 e. The molecule has 0 saturated carbocycles. The molecule has 0 atom stereocenters. The van der Waals surface area contributed by atoms with Gasteiger partial charge in [-0.15, -0.1) is 0 Å². The molecule has 0 rings (SSSR count). The second-order valence-corrected chi connectivity index (χ2v) is 0. The van der Waals surface area contributed by atoms with E-state index in [1.165, 1.54) is 0 Å². The summed E-state index contributed by atoms with van der Waals surface area (Å²) in [6, 6.07) is 0. The van der Waals surface area contributed by atoms with Crippen LogP contribution in [0, 0.1) is 0 Å². The molecule has 0 heterocycles. The van der Waals surface area contributed by atoms with Crippen molar-refractivity contribution in [1.82, 2.24) is 0 Å². The van der Waals surface area contributed by atoms with Gasteiger partial charge in [0.15, 0.2) is 0 Å². The molecule has 1 nitrogen and oxygen atoms in total. The predicted octanol–water partition coefficient (Wildman–Crippen LogP) is -0.251. The quantitative estimate of drug-likeness (QED) is 0.594. The van der Waals surface area contributed by atoms with Crippen LogP contribution in [0.5, 0.6) is 0 Å². The van der Waals surface area contributed by atoms with Crippen molar-refractivity contribution >= 4 is 29.2 Å². The third-order valence-electron chi connectivity index (χ3n) is 0. The maximum Gasteiger partial charge on any atom is 0.0579 e. The van der Waals surface area contributed by atoms with Crippen molar-refractivity contribution in [1.29, 1.82) is 0 Å². The summed E-state index contributed by atoms with van der Waals surface area (Å²) in [7, 11) is 0. The van der Waals surface area contributed by atoms with Gasteiger partial charge in [0.2, 0.25) is 0 Å². The van der Waals surface area contributed by atoms with Gasteiger partial charge in [-0.3, -0.25) is 4.66 Å². The van der Waals surface area contributed by atoms with E-state index < -0.39 is 0 Å². The summed E-state index contributed by atoms with van der Waals surface area (Å²) in [4.78, 5) is 0. The minimum Gasteiger partial charge on any atom is -0.295 e. The van der Waals surface area contributed by atoms with Gasteiger partial charge in [0.1, 0.15) is 0 Å². The Labute approximate surface area is 59.4 Å². The van der Waals surface area contributed by atoms with Crippen LogP contribution in [0.1, 0.15) is 0 Å². The smallest absolute Gasteiger partial charge is 0.0579 e. The van der Waals surface area contributed by atoms with Crippen molar-refractivity contribution in [2.24, 2.45) is 0 Å². The van der Waals surface area contributed by atoms with E-state index in [0.717, 1.165) is 0 Å². The van der Waals surface area contributed by atoms with Crippen LogP contribution >= 0.6 is 11.9 Å². The van der Waals surface area contributed by atoms with E-state index in [1.54, 1.807) is 0 Å². The molecule has 0 fully saturated rings. The van der Waals surface area contributed by atoms with E-state index >= 15 is 0 Å². The average Bonchev–Trinajstić information content (AvgIpc) is 1.00. The van der Waals surface area contributed by atoms with Crippen LogP contribution < -0.4 is 0 Å². The summed E-state index contributed by atoms with van der Waals surface area (Å²) in [5.41, 5.74) is 0. The predicted molar refractivity (Wildman–Crippen MR) is 13.8 cm³/mol. The summed E-state index contributed by atoms with van der Waals surface area (Å²) in [6.07, 6.45) is 0. The number of hydrogen-bond donors (Lipinski definition) is 1. The SMILES string of the molecule is OCl.[Al].[Hf]. The Bertz CT molecular complexity index is 8.00. The van der Waals surface area contributed by atoms with Crippen molar-refractivity contribution in [2.45, 2.75) is 0 Å². The molecule has 0 aromatic carbocycles. The van der Waals surface area contributed by atoms with Gasteiger partial charge in [0.25, 0.3) is 0 Å². The molecule has 3 radical (unpaired) electrons. The Hall–Kier alpha value is 1.65. The van der Waals surface area contributed by atoms with Crippen LogP contribution in [-0.4, -0.2) is 22.0 Å². The van der Waals surface area contributed by atoms with Crippen LogP contribution in [0.4, 0.5) is 0 Å². The van der Waals surface area contributed by atoms with Gasteiger partial charge in [-0.05, 0) is 0 Å². The van der Waals surface area contributed by atoms with Gasteiger partial charge >= 0.3 is 0 Å². The summed E-state index contributed by atoms with van der Waals surface area (Å²) in [6.45, 7) is 0. The minimum atomic E-state index is 0. The first-order valence-electron chi connectivity index (χ1n) is 0.169. The molecular formula is HAlClHfO. The molecule has 4 heteroatoms. The van der Waals surface area contributed by atoms with E-state index in [9.17, 15) is 0 Å². The van der Waals surface area contributed by atoms with Crippen molar-refractivity contribution in [3.05, 3.63) is 0 Å². The molecule has 0 saturated heterocycles. The monoisotopic (exact) mass is 259 g/mol. The summed E-state index contributed by atoms with van der Waals surface area (Å²) in [5, 5.41) is 0. The first-order valence-corrected chi connectivity index (χ1v) is 0.507. The zero-order chi connectivity index (χ0) is 2.00. The third-order valence-corrected chi connectivity index (χ3v) is 0. The summed E-state index contributed by atoms with van der Waals surface area (Å²) < 4.78 is 6.47. The Morgan fingerprint density at radius 2 is 1.25 bits per heavy atom. The molecule has 0 unspecified atom stereocenters. The van der Waals surface area contributed by atoms with Gasteiger partial charge in [0, 0.05) is 43.2 Å². The van der Waals surface area contributed by atoms with E-state index in [0.29, 0.717) is 0 Å². The van der Waals surface area contributed by atoms with E-state index in [1.807, 2.05) is 0 Å². The molecule has 0 bridgehead atoms. The van der Waals surface area contributed by atoms with E-state index in [-0.39, 0.29) is 43.2 Å². The van der Waals surface area contributed by atoms with Crippen LogP contribution in [-0.2, 0) is 25.8 Å².